The average Bonchev–Trinajstić information content (AvgIpc) is 3.34. The van der Waals surface area contributed by atoms with Crippen LogP contribution in [0, 0.1) is 5.92 Å². The summed E-state index contributed by atoms with van der Waals surface area (Å²) in [5, 5.41) is 26.0. The van der Waals surface area contributed by atoms with Crippen LogP contribution in [-0.4, -0.2) is 58.2 Å². The second-order valence-electron chi connectivity index (χ2n) is 8.01. The summed E-state index contributed by atoms with van der Waals surface area (Å²) in [5.74, 6) is -1.53. The Kier molecular flexibility index (Phi) is 9.11. The fourth-order valence-electron chi connectivity index (χ4n) is 3.45. The van der Waals surface area contributed by atoms with E-state index < -0.39 is 18.1 Å². The Morgan fingerprint density at radius 3 is 2.31 bits per heavy atom. The van der Waals surface area contributed by atoms with E-state index in [1.165, 1.54) is 12.8 Å². The molecule has 2 aromatic carbocycles. The van der Waals surface area contributed by atoms with E-state index in [0.717, 1.165) is 23.5 Å². The van der Waals surface area contributed by atoms with Crippen LogP contribution in [0.5, 0.6) is 0 Å². The minimum absolute atomic E-state index is 0.152. The Bertz CT molecular complexity index is 873. The lowest BCUT2D eigenvalue weighted by atomic mass is 9.98. The fraction of sp³-hybridized carbons (Fsp3) is 0.417. The number of carbonyl (C=O) groups excluding carboxylic acids is 2. The normalized spacial score (nSPS) is 16.8. The predicted molar refractivity (Wildman–Crippen MR) is 125 cm³/mol. The molecule has 7 nitrogen and oxygen atoms in total. The van der Waals surface area contributed by atoms with Gasteiger partial charge >= 0.3 is 0 Å². The maximum Gasteiger partial charge on any atom is 0.251 e. The van der Waals surface area contributed by atoms with Crippen LogP contribution in [0.2, 0.25) is 0 Å². The summed E-state index contributed by atoms with van der Waals surface area (Å²) in [6.07, 6.45) is -0.129. The number of rotatable bonds is 10. The Labute approximate surface area is 193 Å². The maximum absolute atomic E-state index is 12.4. The third kappa shape index (κ3) is 7.06. The van der Waals surface area contributed by atoms with E-state index in [9.17, 15) is 19.8 Å². The van der Waals surface area contributed by atoms with E-state index >= 15 is 0 Å². The highest BCUT2D eigenvalue weighted by atomic mass is 32.2. The van der Waals surface area contributed by atoms with Crippen LogP contribution in [0.1, 0.15) is 35.7 Å². The molecular formula is C24H31N3O4S. The Balaban J connectivity index is 1.42. The molecule has 3 unspecified atom stereocenters. The maximum atomic E-state index is 12.4. The number of hydrogen-bond acceptors (Lipinski definition) is 6. The highest BCUT2D eigenvalue weighted by molar-refractivity contribution is 7.97. The predicted octanol–water partition coefficient (Wildman–Crippen LogP) is 2.19. The van der Waals surface area contributed by atoms with Gasteiger partial charge in [-0.25, -0.2) is 4.31 Å². The van der Waals surface area contributed by atoms with Crippen LogP contribution in [0.4, 0.5) is 0 Å². The van der Waals surface area contributed by atoms with Gasteiger partial charge in [0.25, 0.3) is 5.91 Å². The van der Waals surface area contributed by atoms with Crippen molar-refractivity contribution in [2.45, 2.75) is 43.4 Å². The summed E-state index contributed by atoms with van der Waals surface area (Å²) in [4.78, 5) is 25.8. The second kappa shape index (κ2) is 12.0. The molecule has 0 bridgehead atoms. The largest absolute Gasteiger partial charge is 0.390 e. The molecule has 172 valence electrons. The first-order chi connectivity index (χ1) is 15.4. The summed E-state index contributed by atoms with van der Waals surface area (Å²) < 4.78 is 2.31. The Morgan fingerprint density at radius 1 is 1.00 bits per heavy atom. The number of aliphatic hydroxyl groups excluding tert-OH is 2. The minimum Gasteiger partial charge on any atom is -0.390 e. The first kappa shape index (κ1) is 24.3. The van der Waals surface area contributed by atoms with E-state index in [0.29, 0.717) is 12.1 Å². The summed E-state index contributed by atoms with van der Waals surface area (Å²) in [6.45, 7) is 3.90. The number of nitrogens with zero attached hydrogens (tertiary/aromatic N) is 1. The molecule has 0 spiro atoms. The van der Waals surface area contributed by atoms with Gasteiger partial charge in [-0.2, -0.15) is 0 Å². The van der Waals surface area contributed by atoms with Gasteiger partial charge in [0.15, 0.2) is 0 Å². The number of nitrogens with one attached hydrogen (secondary N) is 2. The molecule has 1 saturated heterocycles. The van der Waals surface area contributed by atoms with Gasteiger partial charge in [0.1, 0.15) is 0 Å². The van der Waals surface area contributed by atoms with Gasteiger partial charge in [-0.1, -0.05) is 37.3 Å². The van der Waals surface area contributed by atoms with Gasteiger partial charge in [0.05, 0.1) is 18.1 Å². The summed E-state index contributed by atoms with van der Waals surface area (Å²) >= 11 is 1.69. The lowest BCUT2D eigenvalue weighted by Gasteiger charge is -2.23. The Morgan fingerprint density at radius 2 is 1.66 bits per heavy atom. The van der Waals surface area contributed by atoms with Crippen LogP contribution in [0.25, 0.3) is 0 Å². The first-order valence-electron chi connectivity index (χ1n) is 10.9. The van der Waals surface area contributed by atoms with E-state index in [4.69, 9.17) is 0 Å². The van der Waals surface area contributed by atoms with E-state index in [1.54, 1.807) is 31.0 Å². The fourth-order valence-corrected chi connectivity index (χ4v) is 4.45. The van der Waals surface area contributed by atoms with Crippen molar-refractivity contribution in [2.75, 3.05) is 19.6 Å². The van der Waals surface area contributed by atoms with E-state index in [-0.39, 0.29) is 18.4 Å². The van der Waals surface area contributed by atoms with E-state index in [1.807, 2.05) is 42.5 Å². The summed E-state index contributed by atoms with van der Waals surface area (Å²) in [6, 6.07) is 16.7. The molecule has 1 aliphatic heterocycles. The molecule has 3 atom stereocenters. The van der Waals surface area contributed by atoms with Crippen LogP contribution in [-0.2, 0) is 11.3 Å². The van der Waals surface area contributed by atoms with Gasteiger partial charge < -0.3 is 20.8 Å². The topological polar surface area (TPSA) is 102 Å². The van der Waals surface area contributed by atoms with Crippen molar-refractivity contribution in [1.82, 2.24) is 14.9 Å². The molecule has 2 aromatic rings. The molecule has 32 heavy (non-hydrogen) atoms. The molecule has 1 fully saturated rings. The molecule has 2 amide bonds. The van der Waals surface area contributed by atoms with Crippen molar-refractivity contribution in [3.05, 3.63) is 65.7 Å². The molecule has 1 aliphatic rings. The van der Waals surface area contributed by atoms with Crippen molar-refractivity contribution in [3.63, 3.8) is 0 Å². The van der Waals surface area contributed by atoms with Gasteiger partial charge in [-0.3, -0.25) is 9.59 Å². The monoisotopic (exact) mass is 457 g/mol. The molecule has 4 N–H and O–H groups in total. The third-order valence-electron chi connectivity index (χ3n) is 5.52. The number of benzene rings is 2. The van der Waals surface area contributed by atoms with Gasteiger partial charge in [-0.05, 0) is 54.6 Å². The zero-order valence-corrected chi connectivity index (χ0v) is 19.1. The van der Waals surface area contributed by atoms with Crippen molar-refractivity contribution in [1.29, 1.82) is 0 Å². The second-order valence-corrected chi connectivity index (χ2v) is 9.18. The molecule has 0 aromatic heterocycles. The molecule has 0 saturated carbocycles. The SMILES string of the molecule is CC(C(=O)NCc1ccccc1)C(O)C(O)CNC(=O)c1ccc(SN2CCCC2)cc1. The van der Waals surface area contributed by atoms with Crippen LogP contribution in [0.15, 0.2) is 59.5 Å². The lowest BCUT2D eigenvalue weighted by molar-refractivity contribution is -0.131. The standard InChI is InChI=1S/C24H31N3O4S/c1-17(23(30)25-15-18-7-3-2-4-8-18)22(29)21(28)16-26-24(31)19-9-11-20(12-10-19)32-27-13-5-6-14-27/h2-4,7-12,17,21-22,28-29H,5-6,13-16H2,1H3,(H,25,30)(H,26,31). The van der Waals surface area contributed by atoms with Crippen LogP contribution in [0.3, 0.4) is 0 Å². The quantitative estimate of drug-likeness (QED) is 0.408. The van der Waals surface area contributed by atoms with Crippen LogP contribution < -0.4 is 10.6 Å². The minimum atomic E-state index is -1.30. The van der Waals surface area contributed by atoms with Crippen molar-refractivity contribution < 1.29 is 19.8 Å². The molecular weight excluding hydrogens is 426 g/mol. The zero-order valence-electron chi connectivity index (χ0n) is 18.2. The lowest BCUT2D eigenvalue weighted by Crippen LogP contribution is -2.46. The third-order valence-corrected chi connectivity index (χ3v) is 6.62. The van der Waals surface area contributed by atoms with E-state index in [2.05, 4.69) is 14.9 Å². The molecule has 1 heterocycles. The average molecular weight is 458 g/mol. The summed E-state index contributed by atoms with van der Waals surface area (Å²) in [7, 11) is 0. The first-order valence-corrected chi connectivity index (χ1v) is 11.7. The molecule has 0 radical (unpaired) electrons. The van der Waals surface area contributed by atoms with Gasteiger partial charge in [0.2, 0.25) is 5.91 Å². The van der Waals surface area contributed by atoms with Crippen molar-refractivity contribution in [2.24, 2.45) is 5.92 Å². The number of amides is 2. The summed E-state index contributed by atoms with van der Waals surface area (Å²) in [5.41, 5.74) is 1.42. The molecule has 0 aliphatic carbocycles. The van der Waals surface area contributed by atoms with Crippen molar-refractivity contribution in [3.8, 4) is 0 Å². The smallest absolute Gasteiger partial charge is 0.251 e. The number of carbonyl (C=O) groups is 2. The van der Waals surface area contributed by atoms with Gasteiger partial charge in [0, 0.05) is 36.6 Å². The number of aliphatic hydroxyl groups is 2. The van der Waals surface area contributed by atoms with Crippen LogP contribution >= 0.6 is 11.9 Å². The highest BCUT2D eigenvalue weighted by Gasteiger charge is 2.28. The number of hydrogen-bond donors (Lipinski definition) is 4. The van der Waals surface area contributed by atoms with Gasteiger partial charge in [-0.15, -0.1) is 0 Å². The van der Waals surface area contributed by atoms with Crippen molar-refractivity contribution >= 4 is 23.8 Å². The zero-order chi connectivity index (χ0) is 22.9. The molecule has 3 rings (SSSR count). The highest BCUT2D eigenvalue weighted by Crippen LogP contribution is 2.26. The Hall–Kier alpha value is -2.39. The molecule has 8 heteroatoms.